The van der Waals surface area contributed by atoms with Crippen LogP contribution in [0, 0.1) is 0 Å². The van der Waals surface area contributed by atoms with E-state index in [9.17, 15) is 0 Å². The van der Waals surface area contributed by atoms with E-state index in [1.165, 1.54) is 5.56 Å². The molecule has 13 heavy (non-hydrogen) atoms. The number of alkyl halides is 1. The SMILES string of the molecule is ClCCC1=NOc2ccccc2C1. The molecule has 0 amide bonds. The minimum absolute atomic E-state index is 0.602. The summed E-state index contributed by atoms with van der Waals surface area (Å²) >= 11 is 5.63. The van der Waals surface area contributed by atoms with Gasteiger partial charge in [-0.2, -0.15) is 0 Å². The van der Waals surface area contributed by atoms with Crippen LogP contribution in [0.4, 0.5) is 0 Å². The van der Waals surface area contributed by atoms with Crippen molar-refractivity contribution >= 4 is 17.3 Å². The predicted molar refractivity (Wildman–Crippen MR) is 53.5 cm³/mol. The Bertz CT molecular complexity index is 335. The lowest BCUT2D eigenvalue weighted by atomic mass is 10.1. The quantitative estimate of drug-likeness (QED) is 0.665. The van der Waals surface area contributed by atoms with Gasteiger partial charge in [0.1, 0.15) is 0 Å². The molecule has 0 aliphatic carbocycles. The van der Waals surface area contributed by atoms with E-state index in [4.69, 9.17) is 16.4 Å². The van der Waals surface area contributed by atoms with Crippen molar-refractivity contribution in [3.05, 3.63) is 29.8 Å². The van der Waals surface area contributed by atoms with E-state index in [-0.39, 0.29) is 0 Å². The molecule has 2 nitrogen and oxygen atoms in total. The minimum atomic E-state index is 0.602. The fourth-order valence-electron chi connectivity index (χ4n) is 1.35. The average molecular weight is 196 g/mol. The molecular weight excluding hydrogens is 186 g/mol. The van der Waals surface area contributed by atoms with E-state index in [1.54, 1.807) is 0 Å². The van der Waals surface area contributed by atoms with Crippen molar-refractivity contribution in [3.8, 4) is 5.75 Å². The number of hydrogen-bond acceptors (Lipinski definition) is 2. The first-order valence-corrected chi connectivity index (χ1v) is 4.80. The van der Waals surface area contributed by atoms with Gasteiger partial charge in [0.25, 0.3) is 0 Å². The largest absolute Gasteiger partial charge is 0.357 e. The number of halogens is 1. The van der Waals surface area contributed by atoms with Crippen molar-refractivity contribution in [1.82, 2.24) is 0 Å². The number of para-hydroxylation sites is 1. The Hall–Kier alpha value is -1.02. The molecule has 0 spiro atoms. The summed E-state index contributed by atoms with van der Waals surface area (Å²) in [5.74, 6) is 1.46. The van der Waals surface area contributed by atoms with E-state index < -0.39 is 0 Å². The van der Waals surface area contributed by atoms with Crippen molar-refractivity contribution in [1.29, 1.82) is 0 Å². The Labute approximate surface area is 82.2 Å². The molecule has 1 aromatic rings. The first kappa shape index (κ1) is 8.57. The summed E-state index contributed by atoms with van der Waals surface area (Å²) in [5.41, 5.74) is 2.21. The van der Waals surface area contributed by atoms with Crippen molar-refractivity contribution in [2.24, 2.45) is 5.16 Å². The summed E-state index contributed by atoms with van der Waals surface area (Å²) in [6, 6.07) is 7.93. The molecule has 3 heteroatoms. The zero-order valence-corrected chi connectivity index (χ0v) is 7.92. The number of fused-ring (bicyclic) bond motifs is 1. The fraction of sp³-hybridized carbons (Fsp3) is 0.300. The summed E-state index contributed by atoms with van der Waals surface area (Å²) in [6.07, 6.45) is 1.67. The normalized spacial score (nSPS) is 14.4. The lowest BCUT2D eigenvalue weighted by Crippen LogP contribution is -2.11. The number of oxime groups is 1. The molecule has 0 saturated carbocycles. The molecule has 0 N–H and O–H groups in total. The Kier molecular flexibility index (Phi) is 2.50. The Balaban J connectivity index is 2.18. The van der Waals surface area contributed by atoms with E-state index in [0.29, 0.717) is 5.88 Å². The molecule has 1 heterocycles. The van der Waals surface area contributed by atoms with E-state index in [2.05, 4.69) is 11.2 Å². The van der Waals surface area contributed by atoms with Gasteiger partial charge in [-0.3, -0.25) is 0 Å². The van der Waals surface area contributed by atoms with Crippen LogP contribution in [0.15, 0.2) is 29.4 Å². The van der Waals surface area contributed by atoms with Crippen LogP contribution in [0.3, 0.4) is 0 Å². The Morgan fingerprint density at radius 3 is 3.08 bits per heavy atom. The Morgan fingerprint density at radius 1 is 1.38 bits per heavy atom. The number of benzene rings is 1. The Morgan fingerprint density at radius 2 is 2.23 bits per heavy atom. The minimum Gasteiger partial charge on any atom is -0.357 e. The third-order valence-electron chi connectivity index (χ3n) is 2.02. The molecular formula is C10H10ClNO. The van der Waals surface area contributed by atoms with E-state index in [0.717, 1.165) is 24.3 Å². The standard InChI is InChI=1S/C10H10ClNO/c11-6-5-9-7-8-3-1-2-4-10(8)13-12-9/h1-4H,5-7H2. The topological polar surface area (TPSA) is 21.6 Å². The first-order chi connectivity index (χ1) is 6.40. The van der Waals surface area contributed by atoms with Crippen LogP contribution in [0.5, 0.6) is 5.75 Å². The van der Waals surface area contributed by atoms with Crippen LogP contribution in [0.25, 0.3) is 0 Å². The van der Waals surface area contributed by atoms with Gasteiger partial charge >= 0.3 is 0 Å². The van der Waals surface area contributed by atoms with Crippen LogP contribution in [-0.4, -0.2) is 11.6 Å². The van der Waals surface area contributed by atoms with Gasteiger partial charge in [-0.1, -0.05) is 23.4 Å². The molecule has 0 aromatic heterocycles. The maximum absolute atomic E-state index is 5.63. The second-order valence-corrected chi connectivity index (χ2v) is 3.35. The molecule has 0 saturated heterocycles. The van der Waals surface area contributed by atoms with Crippen LogP contribution in [0.1, 0.15) is 12.0 Å². The smallest absolute Gasteiger partial charge is 0.161 e. The van der Waals surface area contributed by atoms with Gasteiger partial charge in [0, 0.05) is 24.3 Å². The van der Waals surface area contributed by atoms with Crippen LogP contribution in [-0.2, 0) is 6.42 Å². The highest BCUT2D eigenvalue weighted by atomic mass is 35.5. The summed E-state index contributed by atoms with van der Waals surface area (Å²) in [5, 5.41) is 3.99. The molecule has 68 valence electrons. The third kappa shape index (κ3) is 1.83. The second kappa shape index (κ2) is 3.79. The third-order valence-corrected chi connectivity index (χ3v) is 2.21. The summed E-state index contributed by atoms with van der Waals surface area (Å²) < 4.78 is 0. The number of hydrogen-bond donors (Lipinski definition) is 0. The fourth-order valence-corrected chi connectivity index (χ4v) is 1.57. The monoisotopic (exact) mass is 195 g/mol. The van der Waals surface area contributed by atoms with Gasteiger partial charge in [0.2, 0.25) is 0 Å². The molecule has 0 bridgehead atoms. The predicted octanol–water partition coefficient (Wildman–Crippen LogP) is 2.61. The first-order valence-electron chi connectivity index (χ1n) is 4.27. The zero-order chi connectivity index (χ0) is 9.10. The van der Waals surface area contributed by atoms with Crippen molar-refractivity contribution in [2.75, 3.05) is 5.88 Å². The number of rotatable bonds is 2. The van der Waals surface area contributed by atoms with Gasteiger partial charge in [-0.25, -0.2) is 0 Å². The molecule has 0 unspecified atom stereocenters. The molecule has 1 aliphatic heterocycles. The van der Waals surface area contributed by atoms with Crippen molar-refractivity contribution in [2.45, 2.75) is 12.8 Å². The molecule has 0 atom stereocenters. The lowest BCUT2D eigenvalue weighted by molar-refractivity contribution is 0.329. The number of nitrogens with zero attached hydrogens (tertiary/aromatic N) is 1. The highest BCUT2D eigenvalue weighted by Gasteiger charge is 2.12. The second-order valence-electron chi connectivity index (χ2n) is 2.97. The van der Waals surface area contributed by atoms with Crippen molar-refractivity contribution < 1.29 is 4.84 Å². The maximum atomic E-state index is 5.63. The summed E-state index contributed by atoms with van der Waals surface area (Å²) in [7, 11) is 0. The zero-order valence-electron chi connectivity index (χ0n) is 7.16. The van der Waals surface area contributed by atoms with Crippen LogP contribution < -0.4 is 4.84 Å². The lowest BCUT2D eigenvalue weighted by Gasteiger charge is -2.13. The van der Waals surface area contributed by atoms with E-state index >= 15 is 0 Å². The molecule has 1 aliphatic rings. The molecule has 1 aromatic carbocycles. The van der Waals surface area contributed by atoms with Gasteiger partial charge in [-0.05, 0) is 6.07 Å². The van der Waals surface area contributed by atoms with Crippen LogP contribution >= 0.6 is 11.6 Å². The van der Waals surface area contributed by atoms with E-state index in [1.807, 2.05) is 18.2 Å². The molecule has 2 rings (SSSR count). The van der Waals surface area contributed by atoms with Gasteiger partial charge < -0.3 is 4.84 Å². The van der Waals surface area contributed by atoms with Crippen LogP contribution in [0.2, 0.25) is 0 Å². The van der Waals surface area contributed by atoms with Gasteiger partial charge in [0.15, 0.2) is 5.75 Å². The molecule has 0 radical (unpaired) electrons. The average Bonchev–Trinajstić information content (AvgIpc) is 2.18. The highest BCUT2D eigenvalue weighted by Crippen LogP contribution is 2.23. The molecule has 0 fully saturated rings. The van der Waals surface area contributed by atoms with Gasteiger partial charge in [0.05, 0.1) is 5.71 Å². The maximum Gasteiger partial charge on any atom is 0.161 e. The van der Waals surface area contributed by atoms with Gasteiger partial charge in [-0.15, -0.1) is 11.6 Å². The van der Waals surface area contributed by atoms with Crippen molar-refractivity contribution in [3.63, 3.8) is 0 Å². The summed E-state index contributed by atoms with van der Waals surface area (Å²) in [4.78, 5) is 5.22. The summed E-state index contributed by atoms with van der Waals surface area (Å²) in [6.45, 7) is 0. The highest BCUT2D eigenvalue weighted by molar-refractivity contribution is 6.19.